The van der Waals surface area contributed by atoms with E-state index >= 15 is 0 Å². The van der Waals surface area contributed by atoms with Crippen molar-refractivity contribution in [3.8, 4) is 0 Å². The number of isothiocyanates is 1. The predicted octanol–water partition coefficient (Wildman–Crippen LogP) is 5.17. The van der Waals surface area contributed by atoms with Gasteiger partial charge in [0.2, 0.25) is 0 Å². The maximum absolute atomic E-state index is 12.6. The van der Waals surface area contributed by atoms with Crippen LogP contribution in [0.1, 0.15) is 72.6 Å². The molecule has 0 aromatic rings. The summed E-state index contributed by atoms with van der Waals surface area (Å²) in [6.07, 6.45) is 9.68. The third-order valence-corrected chi connectivity index (χ3v) is 9.18. The normalized spacial score (nSPS) is 45.7. The molecule has 4 aliphatic rings. The van der Waals surface area contributed by atoms with Crippen LogP contribution in [-0.4, -0.2) is 29.1 Å². The van der Waals surface area contributed by atoms with E-state index in [1.807, 2.05) is 0 Å². The third kappa shape index (κ3) is 3.25. The highest BCUT2D eigenvalue weighted by atomic mass is 32.1. The zero-order valence-electron chi connectivity index (χ0n) is 18.1. The summed E-state index contributed by atoms with van der Waals surface area (Å²) in [5.74, 6) is 1.80. The number of fused-ring (bicyclic) bond motifs is 5. The van der Waals surface area contributed by atoms with E-state index in [4.69, 9.17) is 17.0 Å². The minimum atomic E-state index is -0.173. The van der Waals surface area contributed by atoms with Crippen LogP contribution in [0.3, 0.4) is 0 Å². The number of esters is 1. The third-order valence-electron chi connectivity index (χ3n) is 9.08. The topological polar surface area (TPSA) is 55.7 Å². The Morgan fingerprint density at radius 1 is 1.21 bits per heavy atom. The van der Waals surface area contributed by atoms with Crippen molar-refractivity contribution in [2.45, 2.75) is 84.8 Å². The summed E-state index contributed by atoms with van der Waals surface area (Å²) in [5, 5.41) is 2.57. The molecule has 4 nitrogen and oxygen atoms in total. The Balaban J connectivity index is 1.63. The smallest absolute Gasteiger partial charge is 0.302 e. The van der Waals surface area contributed by atoms with Crippen molar-refractivity contribution < 1.29 is 14.3 Å². The van der Waals surface area contributed by atoms with Gasteiger partial charge in [-0.05, 0) is 86.3 Å². The number of aliphatic imine (C=N–C) groups is 1. The zero-order valence-corrected chi connectivity index (χ0v) is 18.9. The highest BCUT2D eigenvalue weighted by Gasteiger charge is 2.62. The first-order valence-electron chi connectivity index (χ1n) is 11.1. The average Bonchev–Trinajstić information content (AvgIpc) is 2.94. The molecule has 29 heavy (non-hydrogen) atoms. The number of nitrogens with zero attached hydrogens (tertiary/aromatic N) is 1. The van der Waals surface area contributed by atoms with Gasteiger partial charge in [-0.15, -0.1) is 0 Å². The molecular formula is C24H33NO3S. The second-order valence-electron chi connectivity index (χ2n) is 10.4. The molecule has 0 bridgehead atoms. The summed E-state index contributed by atoms with van der Waals surface area (Å²) in [6, 6.07) is -0.00312. The van der Waals surface area contributed by atoms with Crippen molar-refractivity contribution in [3.63, 3.8) is 0 Å². The maximum atomic E-state index is 12.6. The minimum absolute atomic E-state index is 0.00312. The van der Waals surface area contributed by atoms with Gasteiger partial charge in [-0.1, -0.05) is 25.5 Å². The first kappa shape index (κ1) is 20.9. The van der Waals surface area contributed by atoms with E-state index in [0.717, 1.165) is 38.5 Å². The number of ether oxygens (including phenoxy) is 1. The Bertz CT molecular complexity index is 800. The number of carbonyl (C=O) groups excluding carboxylic acids is 2. The lowest BCUT2D eigenvalue weighted by Gasteiger charge is -2.57. The fourth-order valence-corrected chi connectivity index (χ4v) is 8.04. The molecule has 158 valence electrons. The fraction of sp³-hybridized carbons (Fsp3) is 0.792. The molecule has 0 spiro atoms. The lowest BCUT2D eigenvalue weighted by molar-refractivity contribution is -0.149. The molecule has 4 aliphatic carbocycles. The summed E-state index contributed by atoms with van der Waals surface area (Å²) in [7, 11) is 0. The van der Waals surface area contributed by atoms with E-state index in [1.165, 1.54) is 18.9 Å². The molecule has 8 atom stereocenters. The monoisotopic (exact) mass is 415 g/mol. The van der Waals surface area contributed by atoms with Gasteiger partial charge < -0.3 is 4.74 Å². The maximum Gasteiger partial charge on any atom is 0.302 e. The quantitative estimate of drug-likeness (QED) is 0.276. The van der Waals surface area contributed by atoms with Crippen molar-refractivity contribution in [2.75, 3.05) is 0 Å². The lowest BCUT2D eigenvalue weighted by Crippen LogP contribution is -2.51. The van der Waals surface area contributed by atoms with Crippen molar-refractivity contribution in [3.05, 3.63) is 11.6 Å². The number of ketones is 1. The molecule has 0 N–H and O–H groups in total. The van der Waals surface area contributed by atoms with Crippen molar-refractivity contribution in [1.29, 1.82) is 0 Å². The van der Waals surface area contributed by atoms with Crippen LogP contribution in [0.5, 0.6) is 0 Å². The average molecular weight is 416 g/mol. The van der Waals surface area contributed by atoms with E-state index in [2.05, 4.69) is 30.1 Å². The lowest BCUT2D eigenvalue weighted by atomic mass is 9.47. The highest BCUT2D eigenvalue weighted by Crippen LogP contribution is 2.66. The summed E-state index contributed by atoms with van der Waals surface area (Å²) in [5.41, 5.74) is 1.71. The number of Topliss-reactive ketones (excluding diaryl/α,β-unsaturated/α-hetero) is 1. The van der Waals surface area contributed by atoms with Crippen LogP contribution < -0.4 is 0 Å². The fourth-order valence-electron chi connectivity index (χ4n) is 7.91. The molecule has 4 rings (SSSR count). The van der Waals surface area contributed by atoms with E-state index in [9.17, 15) is 9.59 Å². The van der Waals surface area contributed by atoms with Gasteiger partial charge in [0.15, 0.2) is 0 Å². The molecule has 0 aromatic heterocycles. The van der Waals surface area contributed by atoms with E-state index in [1.54, 1.807) is 6.92 Å². The van der Waals surface area contributed by atoms with Gasteiger partial charge in [0.05, 0.1) is 11.2 Å². The molecule has 5 heteroatoms. The summed E-state index contributed by atoms with van der Waals surface area (Å²) >= 11 is 4.91. The van der Waals surface area contributed by atoms with Crippen LogP contribution in [0.15, 0.2) is 16.6 Å². The second kappa shape index (κ2) is 7.42. The second-order valence-corrected chi connectivity index (χ2v) is 10.6. The molecular weight excluding hydrogens is 382 g/mol. The van der Waals surface area contributed by atoms with Gasteiger partial charge in [-0.3, -0.25) is 9.59 Å². The van der Waals surface area contributed by atoms with Crippen molar-refractivity contribution >= 4 is 29.1 Å². The minimum Gasteiger partial charge on any atom is -0.462 e. The Labute approximate surface area is 179 Å². The Morgan fingerprint density at radius 3 is 2.62 bits per heavy atom. The van der Waals surface area contributed by atoms with E-state index in [-0.39, 0.29) is 40.6 Å². The summed E-state index contributed by atoms with van der Waals surface area (Å²) in [6.45, 7) is 8.00. The predicted molar refractivity (Wildman–Crippen MR) is 116 cm³/mol. The van der Waals surface area contributed by atoms with Gasteiger partial charge in [-0.25, -0.2) is 4.99 Å². The zero-order chi connectivity index (χ0) is 21.0. The van der Waals surface area contributed by atoms with Crippen LogP contribution in [0.2, 0.25) is 0 Å². The van der Waals surface area contributed by atoms with Gasteiger partial charge in [0.25, 0.3) is 0 Å². The number of hydrogen-bond acceptors (Lipinski definition) is 5. The number of thiocarbonyl (C=S) groups is 1. The number of carbonyl (C=O) groups is 2. The van der Waals surface area contributed by atoms with Gasteiger partial charge in [-0.2, -0.15) is 0 Å². The molecule has 0 aromatic carbocycles. The summed E-state index contributed by atoms with van der Waals surface area (Å²) < 4.78 is 5.54. The molecule has 0 amide bonds. The standard InChI is InChI=1S/C24H33NO3S/c1-14(26)22-21(25-13-29)12-20-18-6-5-16-11-17(28-15(2)27)7-9-23(16,3)19(18)8-10-24(20,22)4/h5,17-22H,6-12H2,1-4H3/t17-,18+,19+,20-,21+,22-,23-,24-/m0/s1. The number of rotatable bonds is 3. The molecule has 0 aliphatic heterocycles. The first-order valence-corrected chi connectivity index (χ1v) is 11.6. The van der Waals surface area contributed by atoms with E-state index in [0.29, 0.717) is 17.8 Å². The number of allylic oxidation sites excluding steroid dienone is 1. The van der Waals surface area contributed by atoms with Crippen molar-refractivity contribution in [2.24, 2.45) is 39.5 Å². The van der Waals surface area contributed by atoms with Crippen molar-refractivity contribution in [1.82, 2.24) is 0 Å². The summed E-state index contributed by atoms with van der Waals surface area (Å²) in [4.78, 5) is 28.5. The molecule has 0 heterocycles. The van der Waals surface area contributed by atoms with E-state index < -0.39 is 0 Å². The van der Waals surface area contributed by atoms with Crippen LogP contribution in [0.25, 0.3) is 0 Å². The SMILES string of the molecule is CC(=O)O[C@H]1CC[C@@]2(C)C(=CC[C@@H]3[C@H]2CC[C@@]2(C)[C@H]3C[C@@H](N=C=S)[C@@H]2C(C)=O)C1. The highest BCUT2D eigenvalue weighted by molar-refractivity contribution is 7.78. The molecule has 0 unspecified atom stereocenters. The number of hydrogen-bond donors (Lipinski definition) is 0. The molecule has 0 saturated heterocycles. The Morgan fingerprint density at radius 2 is 1.97 bits per heavy atom. The van der Waals surface area contributed by atoms with Crippen LogP contribution in [0.4, 0.5) is 0 Å². The first-order chi connectivity index (χ1) is 13.7. The Kier molecular flexibility index (Phi) is 5.36. The molecule has 3 fully saturated rings. The van der Waals surface area contributed by atoms with Crippen LogP contribution in [0, 0.1) is 34.5 Å². The van der Waals surface area contributed by atoms with Crippen LogP contribution in [-0.2, 0) is 14.3 Å². The van der Waals surface area contributed by atoms with Gasteiger partial charge >= 0.3 is 5.97 Å². The van der Waals surface area contributed by atoms with Crippen LogP contribution >= 0.6 is 12.2 Å². The molecule has 0 radical (unpaired) electrons. The van der Waals surface area contributed by atoms with Gasteiger partial charge in [0, 0.05) is 19.3 Å². The molecule has 3 saturated carbocycles. The Hall–Kier alpha value is -1.32. The largest absolute Gasteiger partial charge is 0.462 e. The van der Waals surface area contributed by atoms with Gasteiger partial charge in [0.1, 0.15) is 11.9 Å².